The third-order valence-electron chi connectivity index (χ3n) is 6.30. The number of piperazine rings is 1. The molecule has 0 bridgehead atoms. The van der Waals surface area contributed by atoms with Gasteiger partial charge in [0.15, 0.2) is 0 Å². The van der Waals surface area contributed by atoms with E-state index in [0.717, 1.165) is 5.92 Å². The third-order valence-corrected chi connectivity index (χ3v) is 6.30. The first kappa shape index (κ1) is 16.2. The minimum absolute atomic E-state index is 0.592. The summed E-state index contributed by atoms with van der Waals surface area (Å²) in [6, 6.07) is 7.35. The number of hydrogen-bond donors (Lipinski definition) is 1. The number of fused-ring (bicyclic) bond motifs is 1. The Hall–Kier alpha value is -1.32. The highest BCUT2D eigenvalue weighted by molar-refractivity contribution is 5.86. The summed E-state index contributed by atoms with van der Waals surface area (Å²) in [6.07, 6.45) is 9.37. The molecule has 1 N–H and O–H groups in total. The molecule has 1 unspecified atom stereocenters. The zero-order chi connectivity index (χ0) is 16.5. The van der Waals surface area contributed by atoms with Gasteiger partial charge in [-0.05, 0) is 43.9 Å². The van der Waals surface area contributed by atoms with E-state index in [9.17, 15) is 0 Å². The lowest BCUT2D eigenvalue weighted by Gasteiger charge is -2.42. The largest absolute Gasteiger partial charge is 0.361 e. The lowest BCUT2D eigenvalue weighted by Crippen LogP contribution is -2.47. The number of aromatic amines is 1. The van der Waals surface area contributed by atoms with E-state index in [0.29, 0.717) is 6.04 Å². The molecule has 3 heteroatoms. The van der Waals surface area contributed by atoms with Crippen LogP contribution in [0.4, 0.5) is 0 Å². The summed E-state index contributed by atoms with van der Waals surface area (Å²) in [6.45, 7) is 7.02. The first-order chi connectivity index (χ1) is 11.7. The number of aryl methyl sites for hydroxylation is 1. The SMILES string of the molecule is Cc1cccc2c(C(C3CCCCC3)N3CCN(C)CC3)c[nH]c12. The molecule has 1 aliphatic carbocycles. The number of H-pyrrole nitrogens is 1. The Labute approximate surface area is 146 Å². The van der Waals surface area contributed by atoms with Crippen molar-refractivity contribution in [2.45, 2.75) is 45.1 Å². The molecule has 2 heterocycles. The molecule has 2 fully saturated rings. The fraction of sp³-hybridized carbons (Fsp3) is 0.619. The summed E-state index contributed by atoms with van der Waals surface area (Å²) in [5.74, 6) is 0.821. The Kier molecular flexibility index (Phi) is 4.64. The summed E-state index contributed by atoms with van der Waals surface area (Å²) in [5, 5.41) is 1.45. The van der Waals surface area contributed by atoms with Crippen molar-refractivity contribution in [2.24, 2.45) is 5.92 Å². The van der Waals surface area contributed by atoms with E-state index in [1.807, 2.05) is 0 Å². The maximum absolute atomic E-state index is 3.59. The quantitative estimate of drug-likeness (QED) is 0.906. The number of rotatable bonds is 3. The second kappa shape index (κ2) is 6.89. The summed E-state index contributed by atoms with van der Waals surface area (Å²) in [5.41, 5.74) is 4.24. The number of para-hydroxylation sites is 1. The second-order valence-corrected chi connectivity index (χ2v) is 7.92. The van der Waals surface area contributed by atoms with Gasteiger partial charge in [-0.3, -0.25) is 4.90 Å². The first-order valence-electron chi connectivity index (χ1n) is 9.73. The minimum Gasteiger partial charge on any atom is -0.361 e. The van der Waals surface area contributed by atoms with Gasteiger partial charge in [0, 0.05) is 49.3 Å². The normalized spacial score (nSPS) is 22.9. The highest BCUT2D eigenvalue weighted by Gasteiger charge is 2.33. The second-order valence-electron chi connectivity index (χ2n) is 7.92. The fourth-order valence-electron chi connectivity index (χ4n) is 4.87. The van der Waals surface area contributed by atoms with Crippen molar-refractivity contribution in [1.29, 1.82) is 0 Å². The molecule has 1 aromatic heterocycles. The van der Waals surface area contributed by atoms with Crippen molar-refractivity contribution in [1.82, 2.24) is 14.8 Å². The highest BCUT2D eigenvalue weighted by atomic mass is 15.3. The molecule has 4 rings (SSSR count). The van der Waals surface area contributed by atoms with Gasteiger partial charge in [0.1, 0.15) is 0 Å². The first-order valence-corrected chi connectivity index (χ1v) is 9.73. The van der Waals surface area contributed by atoms with Crippen LogP contribution in [0.2, 0.25) is 0 Å². The van der Waals surface area contributed by atoms with Gasteiger partial charge in [-0.1, -0.05) is 37.5 Å². The molecule has 3 nitrogen and oxygen atoms in total. The summed E-state index contributed by atoms with van der Waals surface area (Å²) in [7, 11) is 2.25. The zero-order valence-electron chi connectivity index (χ0n) is 15.2. The smallest absolute Gasteiger partial charge is 0.0487 e. The summed E-state index contributed by atoms with van der Waals surface area (Å²) in [4.78, 5) is 8.83. The van der Waals surface area contributed by atoms with Crippen LogP contribution in [0.1, 0.15) is 49.3 Å². The molecule has 130 valence electrons. The minimum atomic E-state index is 0.592. The van der Waals surface area contributed by atoms with Crippen LogP contribution >= 0.6 is 0 Å². The van der Waals surface area contributed by atoms with Crippen LogP contribution in [0.25, 0.3) is 10.9 Å². The number of nitrogens with zero attached hydrogens (tertiary/aromatic N) is 2. The van der Waals surface area contributed by atoms with Crippen molar-refractivity contribution < 1.29 is 0 Å². The lowest BCUT2D eigenvalue weighted by molar-refractivity contribution is 0.0678. The fourth-order valence-corrected chi connectivity index (χ4v) is 4.87. The van der Waals surface area contributed by atoms with Crippen LogP contribution in [-0.2, 0) is 0 Å². The van der Waals surface area contributed by atoms with E-state index in [-0.39, 0.29) is 0 Å². The van der Waals surface area contributed by atoms with Crippen LogP contribution in [0.3, 0.4) is 0 Å². The molecular weight excluding hydrogens is 294 g/mol. The number of aromatic nitrogens is 1. The van der Waals surface area contributed by atoms with Gasteiger partial charge in [-0.15, -0.1) is 0 Å². The van der Waals surface area contributed by atoms with Crippen molar-refractivity contribution in [3.05, 3.63) is 35.5 Å². The van der Waals surface area contributed by atoms with E-state index < -0.39 is 0 Å². The number of nitrogens with one attached hydrogen (secondary N) is 1. The predicted molar refractivity (Wildman–Crippen MR) is 101 cm³/mol. The average molecular weight is 326 g/mol. The summed E-state index contributed by atoms with van der Waals surface area (Å²) >= 11 is 0. The van der Waals surface area contributed by atoms with Crippen molar-refractivity contribution >= 4 is 10.9 Å². The van der Waals surface area contributed by atoms with Crippen LogP contribution in [-0.4, -0.2) is 48.0 Å². The number of hydrogen-bond acceptors (Lipinski definition) is 2. The molecule has 1 aliphatic heterocycles. The van der Waals surface area contributed by atoms with Gasteiger partial charge in [-0.25, -0.2) is 0 Å². The van der Waals surface area contributed by atoms with E-state index in [4.69, 9.17) is 0 Å². The van der Waals surface area contributed by atoms with Gasteiger partial charge in [0.25, 0.3) is 0 Å². The Morgan fingerprint density at radius 2 is 1.79 bits per heavy atom. The van der Waals surface area contributed by atoms with Crippen LogP contribution in [0, 0.1) is 12.8 Å². The maximum atomic E-state index is 3.59. The Morgan fingerprint density at radius 3 is 2.54 bits per heavy atom. The van der Waals surface area contributed by atoms with Gasteiger partial charge in [0.05, 0.1) is 0 Å². The van der Waals surface area contributed by atoms with Crippen LogP contribution < -0.4 is 0 Å². The topological polar surface area (TPSA) is 22.3 Å². The van der Waals surface area contributed by atoms with E-state index in [1.165, 1.54) is 74.7 Å². The van der Waals surface area contributed by atoms with Crippen molar-refractivity contribution in [2.75, 3.05) is 33.2 Å². The number of likely N-dealkylation sites (N-methyl/N-ethyl adjacent to an activating group) is 1. The molecule has 1 saturated carbocycles. The standard InChI is InChI=1S/C21H31N3/c1-16-7-6-10-18-19(15-22-20(16)18)21(17-8-4-3-5-9-17)24-13-11-23(2)12-14-24/h6-7,10,15,17,21-22H,3-5,8-9,11-14H2,1-2H3. The molecule has 0 radical (unpaired) electrons. The Balaban J connectivity index is 1.72. The Bertz CT molecular complexity index is 675. The van der Waals surface area contributed by atoms with E-state index in [1.54, 1.807) is 5.56 Å². The van der Waals surface area contributed by atoms with Gasteiger partial charge in [-0.2, -0.15) is 0 Å². The van der Waals surface area contributed by atoms with Crippen LogP contribution in [0.5, 0.6) is 0 Å². The predicted octanol–water partition coefficient (Wildman–Crippen LogP) is 4.35. The average Bonchev–Trinajstić information content (AvgIpc) is 3.03. The highest BCUT2D eigenvalue weighted by Crippen LogP contribution is 2.41. The molecule has 24 heavy (non-hydrogen) atoms. The van der Waals surface area contributed by atoms with E-state index >= 15 is 0 Å². The van der Waals surface area contributed by atoms with Crippen molar-refractivity contribution in [3.8, 4) is 0 Å². The zero-order valence-corrected chi connectivity index (χ0v) is 15.2. The molecule has 2 aliphatic rings. The lowest BCUT2D eigenvalue weighted by atomic mass is 9.80. The van der Waals surface area contributed by atoms with E-state index in [2.05, 4.69) is 53.2 Å². The summed E-state index contributed by atoms with van der Waals surface area (Å²) < 4.78 is 0. The van der Waals surface area contributed by atoms with Crippen molar-refractivity contribution in [3.63, 3.8) is 0 Å². The molecule has 2 aromatic rings. The third kappa shape index (κ3) is 3.00. The van der Waals surface area contributed by atoms with Gasteiger partial charge >= 0.3 is 0 Å². The van der Waals surface area contributed by atoms with Gasteiger partial charge < -0.3 is 9.88 Å². The van der Waals surface area contributed by atoms with Gasteiger partial charge in [0.2, 0.25) is 0 Å². The molecule has 0 spiro atoms. The van der Waals surface area contributed by atoms with Crippen LogP contribution in [0.15, 0.2) is 24.4 Å². The Morgan fingerprint density at radius 1 is 1.04 bits per heavy atom. The number of benzene rings is 1. The molecule has 1 atom stereocenters. The molecule has 1 aromatic carbocycles. The maximum Gasteiger partial charge on any atom is 0.0487 e. The monoisotopic (exact) mass is 325 g/mol. The molecular formula is C21H31N3. The molecule has 1 saturated heterocycles. The molecule has 0 amide bonds.